The minimum atomic E-state index is 0.139. The van der Waals surface area contributed by atoms with Gasteiger partial charge >= 0.3 is 0 Å². The maximum absolute atomic E-state index is 10.6. The first-order chi connectivity index (χ1) is 5.83. The van der Waals surface area contributed by atoms with Crippen LogP contribution in [0.5, 0.6) is 0 Å². The highest BCUT2D eigenvalue weighted by Crippen LogP contribution is 2.30. The van der Waals surface area contributed by atoms with E-state index in [1.807, 2.05) is 18.2 Å². The van der Waals surface area contributed by atoms with Crippen LogP contribution in [0.15, 0.2) is 18.2 Å². The molecule has 0 saturated heterocycles. The molecule has 1 aromatic carbocycles. The molecule has 2 N–H and O–H groups in total. The predicted octanol–water partition coefficient (Wildman–Crippen LogP) is 1.45. The van der Waals surface area contributed by atoms with Gasteiger partial charge in [-0.3, -0.25) is 4.79 Å². The van der Waals surface area contributed by atoms with Crippen LogP contribution in [0.25, 0.3) is 0 Å². The molecule has 1 aliphatic rings. The van der Waals surface area contributed by atoms with Crippen LogP contribution in [0.2, 0.25) is 0 Å². The number of carbonyl (C=O) groups excluding carboxylic acids is 1. The molecule has 0 bridgehead atoms. The predicted molar refractivity (Wildman–Crippen MR) is 47.1 cm³/mol. The number of carbonyl (C=O) groups is 1. The third-order valence-corrected chi connectivity index (χ3v) is 2.48. The van der Waals surface area contributed by atoms with E-state index in [4.69, 9.17) is 5.73 Å². The molecule has 1 aromatic rings. The van der Waals surface area contributed by atoms with Crippen LogP contribution in [0.1, 0.15) is 33.9 Å². The third kappa shape index (κ3) is 0.959. The quantitative estimate of drug-likeness (QED) is 0.633. The van der Waals surface area contributed by atoms with E-state index in [1.54, 1.807) is 0 Å². The lowest BCUT2D eigenvalue weighted by Gasteiger charge is -2.04. The number of benzene rings is 1. The van der Waals surface area contributed by atoms with Gasteiger partial charge in [0.2, 0.25) is 0 Å². The van der Waals surface area contributed by atoms with Gasteiger partial charge in [0.25, 0.3) is 0 Å². The number of aldehydes is 1. The lowest BCUT2D eigenvalue weighted by molar-refractivity contribution is 0.112. The van der Waals surface area contributed by atoms with Crippen molar-refractivity contribution in [1.29, 1.82) is 0 Å². The van der Waals surface area contributed by atoms with Crippen molar-refractivity contribution >= 4 is 6.29 Å². The first-order valence-corrected chi connectivity index (χ1v) is 4.15. The van der Waals surface area contributed by atoms with Crippen molar-refractivity contribution in [3.63, 3.8) is 0 Å². The van der Waals surface area contributed by atoms with Crippen molar-refractivity contribution in [1.82, 2.24) is 0 Å². The standard InChI is InChI=1S/C10H11NO/c11-10-5-4-8-7(6-12)2-1-3-9(8)10/h1-3,6,10H,4-5,11H2. The van der Waals surface area contributed by atoms with Gasteiger partial charge in [-0.2, -0.15) is 0 Å². The van der Waals surface area contributed by atoms with Crippen LogP contribution in [0.3, 0.4) is 0 Å². The lowest BCUT2D eigenvalue weighted by Crippen LogP contribution is -2.05. The number of hydrogen-bond acceptors (Lipinski definition) is 2. The van der Waals surface area contributed by atoms with E-state index in [2.05, 4.69) is 0 Å². The Morgan fingerprint density at radius 1 is 1.50 bits per heavy atom. The summed E-state index contributed by atoms with van der Waals surface area (Å²) in [5, 5.41) is 0. The number of hydrogen-bond donors (Lipinski definition) is 1. The Hall–Kier alpha value is -1.15. The van der Waals surface area contributed by atoms with E-state index in [9.17, 15) is 4.79 Å². The molecule has 62 valence electrons. The highest BCUT2D eigenvalue weighted by atomic mass is 16.1. The molecule has 1 aliphatic carbocycles. The van der Waals surface area contributed by atoms with Gasteiger partial charge in [0, 0.05) is 11.6 Å². The van der Waals surface area contributed by atoms with Gasteiger partial charge in [0.05, 0.1) is 0 Å². The Kier molecular flexibility index (Phi) is 1.70. The summed E-state index contributed by atoms with van der Waals surface area (Å²) in [4.78, 5) is 10.6. The average Bonchev–Trinajstić information content (AvgIpc) is 2.48. The summed E-state index contributed by atoms with van der Waals surface area (Å²) in [7, 11) is 0. The normalized spacial score (nSPS) is 20.6. The van der Waals surface area contributed by atoms with Crippen LogP contribution in [-0.2, 0) is 6.42 Å². The Morgan fingerprint density at radius 3 is 3.08 bits per heavy atom. The second-order valence-electron chi connectivity index (χ2n) is 3.18. The van der Waals surface area contributed by atoms with Crippen LogP contribution < -0.4 is 5.73 Å². The molecule has 0 heterocycles. The highest BCUT2D eigenvalue weighted by molar-refractivity contribution is 5.78. The zero-order chi connectivity index (χ0) is 8.55. The summed E-state index contributed by atoms with van der Waals surface area (Å²) in [5.74, 6) is 0. The van der Waals surface area contributed by atoms with E-state index < -0.39 is 0 Å². The SMILES string of the molecule is NC1CCc2c(C=O)cccc21. The summed E-state index contributed by atoms with van der Waals surface area (Å²) in [6.45, 7) is 0. The maximum atomic E-state index is 10.6. The van der Waals surface area contributed by atoms with Crippen LogP contribution in [0, 0.1) is 0 Å². The van der Waals surface area contributed by atoms with Crippen LogP contribution >= 0.6 is 0 Å². The Morgan fingerprint density at radius 2 is 2.33 bits per heavy atom. The van der Waals surface area contributed by atoms with Gasteiger partial charge in [0.15, 0.2) is 0 Å². The lowest BCUT2D eigenvalue weighted by atomic mass is 10.0. The van der Waals surface area contributed by atoms with Crippen molar-refractivity contribution in [2.24, 2.45) is 5.73 Å². The smallest absolute Gasteiger partial charge is 0.150 e. The third-order valence-electron chi connectivity index (χ3n) is 2.48. The summed E-state index contributed by atoms with van der Waals surface area (Å²) in [6.07, 6.45) is 2.84. The summed E-state index contributed by atoms with van der Waals surface area (Å²) >= 11 is 0. The van der Waals surface area contributed by atoms with Crippen molar-refractivity contribution in [2.45, 2.75) is 18.9 Å². The molecule has 1 atom stereocenters. The molecule has 0 radical (unpaired) electrons. The topological polar surface area (TPSA) is 43.1 Å². The van der Waals surface area contributed by atoms with E-state index in [0.717, 1.165) is 35.8 Å². The molecule has 12 heavy (non-hydrogen) atoms. The van der Waals surface area contributed by atoms with Crippen molar-refractivity contribution in [3.8, 4) is 0 Å². The number of rotatable bonds is 1. The van der Waals surface area contributed by atoms with E-state index in [1.165, 1.54) is 0 Å². The van der Waals surface area contributed by atoms with Crippen molar-refractivity contribution in [3.05, 3.63) is 34.9 Å². The molecular formula is C10H11NO. The van der Waals surface area contributed by atoms with Crippen LogP contribution in [0.4, 0.5) is 0 Å². The van der Waals surface area contributed by atoms with Gasteiger partial charge in [-0.25, -0.2) is 0 Å². The molecule has 0 aromatic heterocycles. The summed E-state index contributed by atoms with van der Waals surface area (Å²) in [5.41, 5.74) is 8.97. The molecule has 0 spiro atoms. The maximum Gasteiger partial charge on any atom is 0.150 e. The molecule has 2 rings (SSSR count). The Bertz CT molecular complexity index is 320. The average molecular weight is 161 g/mol. The molecule has 0 saturated carbocycles. The Labute approximate surface area is 71.4 Å². The zero-order valence-corrected chi connectivity index (χ0v) is 6.79. The molecule has 2 nitrogen and oxygen atoms in total. The van der Waals surface area contributed by atoms with E-state index in [0.29, 0.717) is 0 Å². The fraction of sp³-hybridized carbons (Fsp3) is 0.300. The van der Waals surface area contributed by atoms with Crippen LogP contribution in [-0.4, -0.2) is 6.29 Å². The minimum Gasteiger partial charge on any atom is -0.324 e. The first kappa shape index (κ1) is 7.50. The van der Waals surface area contributed by atoms with E-state index >= 15 is 0 Å². The fourth-order valence-corrected chi connectivity index (χ4v) is 1.83. The molecular weight excluding hydrogens is 150 g/mol. The highest BCUT2D eigenvalue weighted by Gasteiger charge is 2.20. The first-order valence-electron chi connectivity index (χ1n) is 4.15. The number of nitrogens with two attached hydrogens (primary N) is 1. The zero-order valence-electron chi connectivity index (χ0n) is 6.79. The summed E-state index contributed by atoms with van der Waals surface area (Å²) < 4.78 is 0. The van der Waals surface area contributed by atoms with Crippen molar-refractivity contribution in [2.75, 3.05) is 0 Å². The van der Waals surface area contributed by atoms with E-state index in [-0.39, 0.29) is 6.04 Å². The molecule has 1 unspecified atom stereocenters. The van der Waals surface area contributed by atoms with Gasteiger partial charge in [-0.1, -0.05) is 18.2 Å². The van der Waals surface area contributed by atoms with Gasteiger partial charge in [-0.15, -0.1) is 0 Å². The van der Waals surface area contributed by atoms with Gasteiger partial charge < -0.3 is 5.73 Å². The summed E-state index contributed by atoms with van der Waals surface area (Å²) in [6, 6.07) is 5.90. The Balaban J connectivity index is 2.57. The minimum absolute atomic E-state index is 0.139. The molecule has 0 amide bonds. The number of fused-ring (bicyclic) bond motifs is 1. The molecule has 2 heteroatoms. The second-order valence-corrected chi connectivity index (χ2v) is 3.18. The van der Waals surface area contributed by atoms with Gasteiger partial charge in [-0.05, 0) is 24.0 Å². The fourth-order valence-electron chi connectivity index (χ4n) is 1.83. The molecule has 0 aliphatic heterocycles. The molecule has 0 fully saturated rings. The van der Waals surface area contributed by atoms with Crippen molar-refractivity contribution < 1.29 is 4.79 Å². The van der Waals surface area contributed by atoms with Gasteiger partial charge in [0.1, 0.15) is 6.29 Å². The second kappa shape index (κ2) is 2.72. The monoisotopic (exact) mass is 161 g/mol. The largest absolute Gasteiger partial charge is 0.324 e.